The number of piperidine rings is 1. The van der Waals surface area contributed by atoms with Crippen molar-refractivity contribution in [2.75, 3.05) is 11.9 Å². The number of aromatic amines is 2. The molecule has 4 rings (SSSR count). The van der Waals surface area contributed by atoms with E-state index in [0.717, 1.165) is 37.1 Å². The van der Waals surface area contributed by atoms with Crippen LogP contribution in [-0.2, 0) is 0 Å². The number of anilines is 1. The molecule has 25 heavy (non-hydrogen) atoms. The monoisotopic (exact) mass is 337 g/mol. The molecule has 3 N–H and O–H groups in total. The van der Waals surface area contributed by atoms with Crippen LogP contribution in [0.5, 0.6) is 0 Å². The van der Waals surface area contributed by atoms with Crippen LogP contribution in [0.25, 0.3) is 11.4 Å². The minimum atomic E-state index is -0.135. The molecule has 1 aliphatic rings. The van der Waals surface area contributed by atoms with Gasteiger partial charge < -0.3 is 10.2 Å². The van der Waals surface area contributed by atoms with Crippen molar-refractivity contribution in [1.82, 2.24) is 30.3 Å². The fourth-order valence-electron chi connectivity index (χ4n) is 3.24. The van der Waals surface area contributed by atoms with Gasteiger partial charge in [-0.1, -0.05) is 6.07 Å². The zero-order chi connectivity index (χ0) is 17.1. The maximum Gasteiger partial charge on any atom is 0.322 e. The SMILES string of the molecule is O=C(Nc1cn[nH]c1-c1ccccn1)N1CCCC[C@H]1c1cn[nH]c1. The summed E-state index contributed by atoms with van der Waals surface area (Å²) < 4.78 is 0. The fourth-order valence-corrected chi connectivity index (χ4v) is 3.24. The molecule has 1 saturated heterocycles. The summed E-state index contributed by atoms with van der Waals surface area (Å²) in [5.41, 5.74) is 3.10. The average molecular weight is 337 g/mol. The van der Waals surface area contributed by atoms with Gasteiger partial charge in [0, 0.05) is 24.5 Å². The molecule has 0 unspecified atom stereocenters. The minimum absolute atomic E-state index is 0.0395. The Morgan fingerprint density at radius 1 is 1.24 bits per heavy atom. The van der Waals surface area contributed by atoms with Crippen molar-refractivity contribution in [3.05, 3.63) is 48.5 Å². The van der Waals surface area contributed by atoms with Crippen LogP contribution in [0.1, 0.15) is 30.9 Å². The van der Waals surface area contributed by atoms with Gasteiger partial charge in [0.15, 0.2) is 0 Å². The van der Waals surface area contributed by atoms with Crippen molar-refractivity contribution in [3.63, 3.8) is 0 Å². The summed E-state index contributed by atoms with van der Waals surface area (Å²) in [6.07, 6.45) is 10.00. The quantitative estimate of drug-likeness (QED) is 0.683. The van der Waals surface area contributed by atoms with E-state index in [-0.39, 0.29) is 12.1 Å². The smallest absolute Gasteiger partial charge is 0.317 e. The number of pyridine rings is 1. The summed E-state index contributed by atoms with van der Waals surface area (Å²) in [5, 5.41) is 16.8. The summed E-state index contributed by atoms with van der Waals surface area (Å²) in [5.74, 6) is 0. The molecule has 0 aliphatic carbocycles. The lowest BCUT2D eigenvalue weighted by molar-refractivity contribution is 0.163. The van der Waals surface area contributed by atoms with E-state index in [1.165, 1.54) is 0 Å². The van der Waals surface area contributed by atoms with Gasteiger partial charge in [-0.3, -0.25) is 15.2 Å². The van der Waals surface area contributed by atoms with Crippen molar-refractivity contribution < 1.29 is 4.79 Å². The van der Waals surface area contributed by atoms with Crippen LogP contribution in [0.4, 0.5) is 10.5 Å². The molecule has 8 heteroatoms. The molecule has 1 atom stereocenters. The number of aromatic nitrogens is 5. The first-order valence-electron chi connectivity index (χ1n) is 8.34. The average Bonchev–Trinajstić information content (AvgIpc) is 3.34. The number of hydrogen-bond acceptors (Lipinski definition) is 4. The van der Waals surface area contributed by atoms with Gasteiger partial charge in [0.1, 0.15) is 5.69 Å². The molecule has 1 aliphatic heterocycles. The van der Waals surface area contributed by atoms with E-state index in [1.54, 1.807) is 18.6 Å². The number of likely N-dealkylation sites (tertiary alicyclic amines) is 1. The Hall–Kier alpha value is -3.16. The van der Waals surface area contributed by atoms with Crippen molar-refractivity contribution >= 4 is 11.7 Å². The van der Waals surface area contributed by atoms with E-state index in [9.17, 15) is 4.79 Å². The second kappa shape index (κ2) is 6.76. The highest BCUT2D eigenvalue weighted by Crippen LogP contribution is 2.31. The third-order valence-electron chi connectivity index (χ3n) is 4.47. The van der Waals surface area contributed by atoms with Crippen LogP contribution in [0.3, 0.4) is 0 Å². The minimum Gasteiger partial charge on any atom is -0.317 e. The first kappa shape index (κ1) is 15.4. The Kier molecular flexibility index (Phi) is 4.16. The summed E-state index contributed by atoms with van der Waals surface area (Å²) >= 11 is 0. The first-order valence-corrected chi connectivity index (χ1v) is 8.34. The largest absolute Gasteiger partial charge is 0.322 e. The highest BCUT2D eigenvalue weighted by atomic mass is 16.2. The maximum absolute atomic E-state index is 12.9. The molecule has 128 valence electrons. The molecule has 0 aromatic carbocycles. The van der Waals surface area contributed by atoms with E-state index >= 15 is 0 Å². The molecule has 2 amide bonds. The number of amides is 2. The third kappa shape index (κ3) is 3.10. The van der Waals surface area contributed by atoms with E-state index < -0.39 is 0 Å². The van der Waals surface area contributed by atoms with Crippen LogP contribution >= 0.6 is 0 Å². The maximum atomic E-state index is 12.9. The molecule has 8 nitrogen and oxygen atoms in total. The van der Waals surface area contributed by atoms with Gasteiger partial charge in [0.05, 0.1) is 29.8 Å². The van der Waals surface area contributed by atoms with Crippen LogP contribution < -0.4 is 5.32 Å². The van der Waals surface area contributed by atoms with E-state index in [4.69, 9.17) is 0 Å². The molecule has 4 heterocycles. The standard InChI is InChI=1S/C17H19N7O/c25-17(24-8-4-2-6-15(24)12-9-19-20-10-12)22-14-11-21-23-16(14)13-5-1-3-7-18-13/h1,3,5,7,9-11,15H,2,4,6,8H2,(H,19,20)(H,21,23)(H,22,25)/t15-/m0/s1. The first-order chi connectivity index (χ1) is 12.3. The van der Waals surface area contributed by atoms with Crippen molar-refractivity contribution in [2.45, 2.75) is 25.3 Å². The Morgan fingerprint density at radius 2 is 2.20 bits per heavy atom. The highest BCUT2D eigenvalue weighted by Gasteiger charge is 2.29. The molecular formula is C17H19N7O. The highest BCUT2D eigenvalue weighted by molar-refractivity contribution is 5.93. The summed E-state index contributed by atoms with van der Waals surface area (Å²) in [6.45, 7) is 0.721. The topological polar surface area (TPSA) is 103 Å². The molecule has 0 radical (unpaired) electrons. The number of H-pyrrole nitrogens is 2. The van der Waals surface area contributed by atoms with Gasteiger partial charge in [-0.2, -0.15) is 10.2 Å². The number of carbonyl (C=O) groups excluding carboxylic acids is 1. The molecule has 0 saturated carbocycles. The zero-order valence-corrected chi connectivity index (χ0v) is 13.6. The Morgan fingerprint density at radius 3 is 3.00 bits per heavy atom. The lowest BCUT2D eigenvalue weighted by Crippen LogP contribution is -2.41. The van der Waals surface area contributed by atoms with Crippen molar-refractivity contribution in [2.24, 2.45) is 0 Å². The molecule has 0 bridgehead atoms. The summed E-state index contributed by atoms with van der Waals surface area (Å²) in [7, 11) is 0. The number of hydrogen-bond donors (Lipinski definition) is 3. The second-order valence-electron chi connectivity index (χ2n) is 6.04. The van der Waals surface area contributed by atoms with E-state index in [2.05, 4.69) is 30.7 Å². The van der Waals surface area contributed by atoms with Gasteiger partial charge in [0.25, 0.3) is 0 Å². The lowest BCUT2D eigenvalue weighted by atomic mass is 9.98. The van der Waals surface area contributed by atoms with Crippen LogP contribution in [-0.4, -0.2) is 42.9 Å². The van der Waals surface area contributed by atoms with Crippen molar-refractivity contribution in [1.29, 1.82) is 0 Å². The normalized spacial score (nSPS) is 17.4. The zero-order valence-electron chi connectivity index (χ0n) is 13.6. The molecule has 3 aromatic rings. The van der Waals surface area contributed by atoms with E-state index in [0.29, 0.717) is 11.4 Å². The number of nitrogens with zero attached hydrogens (tertiary/aromatic N) is 4. The predicted molar refractivity (Wildman–Crippen MR) is 92.7 cm³/mol. The van der Waals surface area contributed by atoms with Crippen LogP contribution in [0.2, 0.25) is 0 Å². The van der Waals surface area contributed by atoms with Gasteiger partial charge in [-0.25, -0.2) is 4.79 Å². The summed E-state index contributed by atoms with van der Waals surface area (Å²) in [4.78, 5) is 19.1. The molecule has 1 fully saturated rings. The Labute approximate surface area is 144 Å². The Balaban J connectivity index is 1.55. The second-order valence-corrected chi connectivity index (χ2v) is 6.04. The number of urea groups is 1. The lowest BCUT2D eigenvalue weighted by Gasteiger charge is -2.35. The molecular weight excluding hydrogens is 318 g/mol. The van der Waals surface area contributed by atoms with E-state index in [1.807, 2.05) is 29.3 Å². The van der Waals surface area contributed by atoms with Crippen LogP contribution in [0.15, 0.2) is 43.0 Å². The van der Waals surface area contributed by atoms with Crippen molar-refractivity contribution in [3.8, 4) is 11.4 Å². The summed E-state index contributed by atoms with van der Waals surface area (Å²) in [6, 6.07) is 5.52. The predicted octanol–water partition coefficient (Wildman–Crippen LogP) is 2.95. The molecule has 3 aromatic heterocycles. The van der Waals surface area contributed by atoms with Crippen LogP contribution in [0, 0.1) is 0 Å². The van der Waals surface area contributed by atoms with Gasteiger partial charge >= 0.3 is 6.03 Å². The number of rotatable bonds is 3. The number of nitrogens with one attached hydrogen (secondary N) is 3. The van der Waals surface area contributed by atoms with Gasteiger partial charge in [-0.05, 0) is 31.4 Å². The van der Waals surface area contributed by atoms with Gasteiger partial charge in [-0.15, -0.1) is 0 Å². The molecule has 0 spiro atoms. The number of carbonyl (C=O) groups is 1. The Bertz CT molecular complexity index is 828. The fraction of sp³-hybridized carbons (Fsp3) is 0.294. The van der Waals surface area contributed by atoms with Gasteiger partial charge in [0.2, 0.25) is 0 Å². The third-order valence-corrected chi connectivity index (χ3v) is 4.47.